The number of hydrogen-bond acceptors (Lipinski definition) is 3. The third kappa shape index (κ3) is 6.68. The molecule has 0 heterocycles. The van der Waals surface area contributed by atoms with Crippen LogP contribution in [0.1, 0.15) is 12.0 Å². The molecule has 0 aliphatic heterocycles. The molecule has 0 unspecified atom stereocenters. The zero-order valence-electron chi connectivity index (χ0n) is 11.2. The number of carbonyl (C=O) groups is 1. The van der Waals surface area contributed by atoms with Gasteiger partial charge in [0.2, 0.25) is 5.91 Å². The second-order valence-electron chi connectivity index (χ2n) is 4.18. The smallest absolute Gasteiger partial charge is 0.277 e. The number of aryl methyl sites for hydroxylation is 1. The first-order valence-electron chi connectivity index (χ1n) is 5.94. The second kappa shape index (κ2) is 8.71. The largest absolute Gasteiger partial charge is 0.497 e. The van der Waals surface area contributed by atoms with Gasteiger partial charge < -0.3 is 15.8 Å². The normalized spacial score (nSPS) is 10.6. The Bertz CT molecular complexity index is 413. The average Bonchev–Trinajstić information content (AvgIpc) is 2.43. The van der Waals surface area contributed by atoms with Gasteiger partial charge in [-0.1, -0.05) is 12.1 Å². The van der Waals surface area contributed by atoms with Gasteiger partial charge in [-0.15, -0.1) is 12.4 Å². The van der Waals surface area contributed by atoms with Gasteiger partial charge in [-0.25, -0.2) is 8.78 Å². The van der Waals surface area contributed by atoms with Gasteiger partial charge in [0.05, 0.1) is 20.2 Å². The van der Waals surface area contributed by atoms with Crippen LogP contribution in [0.15, 0.2) is 24.3 Å². The molecule has 114 valence electrons. The van der Waals surface area contributed by atoms with Crippen LogP contribution in [0.3, 0.4) is 0 Å². The number of alkyl halides is 2. The molecule has 0 saturated heterocycles. The molecule has 7 heteroatoms. The lowest BCUT2D eigenvalue weighted by molar-refractivity contribution is -0.122. The summed E-state index contributed by atoms with van der Waals surface area (Å²) < 4.78 is 30.6. The number of ether oxygens (including phenoxy) is 1. The SMILES string of the molecule is COc1ccc(CCC(=O)NCC(F)(F)CN)cc1.Cl. The Hall–Kier alpha value is -1.40. The predicted octanol–water partition coefficient (Wildman–Crippen LogP) is 1.76. The molecule has 1 aromatic rings. The van der Waals surface area contributed by atoms with Crippen LogP contribution in [0.5, 0.6) is 5.75 Å². The van der Waals surface area contributed by atoms with Crippen molar-refractivity contribution >= 4 is 18.3 Å². The van der Waals surface area contributed by atoms with E-state index in [0.29, 0.717) is 6.42 Å². The minimum atomic E-state index is -3.05. The maximum Gasteiger partial charge on any atom is 0.277 e. The van der Waals surface area contributed by atoms with Crippen molar-refractivity contribution in [2.24, 2.45) is 5.73 Å². The summed E-state index contributed by atoms with van der Waals surface area (Å²) in [5.41, 5.74) is 5.82. The average molecular weight is 309 g/mol. The highest BCUT2D eigenvalue weighted by atomic mass is 35.5. The zero-order chi connectivity index (χ0) is 14.3. The fraction of sp³-hybridized carbons (Fsp3) is 0.462. The first kappa shape index (κ1) is 18.6. The Morgan fingerprint density at radius 3 is 2.45 bits per heavy atom. The molecule has 0 aromatic heterocycles. The number of carbonyl (C=O) groups excluding carboxylic acids is 1. The van der Waals surface area contributed by atoms with Gasteiger partial charge in [-0.2, -0.15) is 0 Å². The molecular formula is C13H19ClF2N2O2. The van der Waals surface area contributed by atoms with Crippen LogP contribution < -0.4 is 15.8 Å². The molecule has 20 heavy (non-hydrogen) atoms. The lowest BCUT2D eigenvalue weighted by Crippen LogP contribution is -2.41. The summed E-state index contributed by atoms with van der Waals surface area (Å²) in [6.07, 6.45) is 0.650. The van der Waals surface area contributed by atoms with Crippen LogP contribution in [0.4, 0.5) is 8.78 Å². The predicted molar refractivity (Wildman–Crippen MR) is 75.6 cm³/mol. The summed E-state index contributed by atoms with van der Waals surface area (Å²) in [6.45, 7) is -1.49. The Morgan fingerprint density at radius 1 is 1.35 bits per heavy atom. The second-order valence-corrected chi connectivity index (χ2v) is 4.18. The van der Waals surface area contributed by atoms with Gasteiger partial charge in [0.25, 0.3) is 5.92 Å². The Balaban J connectivity index is 0.00000361. The summed E-state index contributed by atoms with van der Waals surface area (Å²) in [6, 6.07) is 7.24. The number of benzene rings is 1. The number of methoxy groups -OCH3 is 1. The molecule has 4 nitrogen and oxygen atoms in total. The van der Waals surface area contributed by atoms with Crippen LogP contribution in [0, 0.1) is 0 Å². The molecule has 1 amide bonds. The minimum Gasteiger partial charge on any atom is -0.497 e. The summed E-state index contributed by atoms with van der Waals surface area (Å²) in [7, 11) is 1.57. The van der Waals surface area contributed by atoms with E-state index in [0.717, 1.165) is 11.3 Å². The standard InChI is InChI=1S/C13H18F2N2O2.ClH/c1-19-11-5-2-10(3-6-11)4-7-12(18)17-9-13(14,15)8-16;/h2-3,5-6H,4,7-9,16H2,1H3,(H,17,18);1H. The van der Waals surface area contributed by atoms with Gasteiger partial charge in [0.1, 0.15) is 5.75 Å². The summed E-state index contributed by atoms with van der Waals surface area (Å²) in [5, 5.41) is 2.17. The number of amides is 1. The number of nitrogens with two attached hydrogens (primary N) is 1. The Kier molecular flexibility index (Phi) is 8.10. The highest BCUT2D eigenvalue weighted by molar-refractivity contribution is 5.85. The highest BCUT2D eigenvalue weighted by Crippen LogP contribution is 2.13. The molecule has 1 aromatic carbocycles. The van der Waals surface area contributed by atoms with E-state index in [1.165, 1.54) is 0 Å². The van der Waals surface area contributed by atoms with Crippen molar-refractivity contribution in [3.63, 3.8) is 0 Å². The van der Waals surface area contributed by atoms with E-state index in [1.54, 1.807) is 19.2 Å². The van der Waals surface area contributed by atoms with Crippen molar-refractivity contribution in [2.45, 2.75) is 18.8 Å². The molecule has 0 aliphatic rings. The van der Waals surface area contributed by atoms with Crippen molar-refractivity contribution < 1.29 is 18.3 Å². The molecule has 0 spiro atoms. The summed E-state index contributed by atoms with van der Waals surface area (Å²) in [4.78, 5) is 11.4. The Labute approximate surface area is 123 Å². The van der Waals surface area contributed by atoms with Crippen molar-refractivity contribution in [1.29, 1.82) is 0 Å². The van der Waals surface area contributed by atoms with E-state index in [-0.39, 0.29) is 18.8 Å². The first-order valence-corrected chi connectivity index (χ1v) is 5.94. The molecule has 0 atom stereocenters. The molecule has 0 saturated carbocycles. The molecule has 3 N–H and O–H groups in total. The molecule has 0 bridgehead atoms. The van der Waals surface area contributed by atoms with E-state index in [9.17, 15) is 13.6 Å². The van der Waals surface area contributed by atoms with Crippen LogP contribution in [-0.4, -0.2) is 32.0 Å². The molecular weight excluding hydrogens is 290 g/mol. The van der Waals surface area contributed by atoms with E-state index < -0.39 is 24.9 Å². The highest BCUT2D eigenvalue weighted by Gasteiger charge is 2.26. The van der Waals surface area contributed by atoms with Gasteiger partial charge in [0, 0.05) is 6.42 Å². The number of nitrogens with one attached hydrogen (secondary N) is 1. The van der Waals surface area contributed by atoms with Crippen molar-refractivity contribution in [2.75, 3.05) is 20.2 Å². The first-order chi connectivity index (χ1) is 8.96. The quantitative estimate of drug-likeness (QED) is 0.807. The summed E-state index contributed by atoms with van der Waals surface area (Å²) in [5.74, 6) is -2.73. The van der Waals surface area contributed by atoms with Gasteiger partial charge in [0.15, 0.2) is 0 Å². The minimum absolute atomic E-state index is 0. The monoisotopic (exact) mass is 308 g/mol. The molecule has 0 aliphatic carbocycles. The maximum atomic E-state index is 12.8. The van der Waals surface area contributed by atoms with Gasteiger partial charge >= 0.3 is 0 Å². The molecule has 1 rings (SSSR count). The van der Waals surface area contributed by atoms with E-state index in [2.05, 4.69) is 5.32 Å². The van der Waals surface area contributed by atoms with Gasteiger partial charge in [-0.3, -0.25) is 4.79 Å². The fourth-order valence-electron chi connectivity index (χ4n) is 1.44. The van der Waals surface area contributed by atoms with Crippen LogP contribution in [0.25, 0.3) is 0 Å². The Morgan fingerprint density at radius 2 is 1.95 bits per heavy atom. The number of halogens is 3. The van der Waals surface area contributed by atoms with E-state index >= 15 is 0 Å². The fourth-order valence-corrected chi connectivity index (χ4v) is 1.44. The van der Waals surface area contributed by atoms with Crippen LogP contribution in [0.2, 0.25) is 0 Å². The van der Waals surface area contributed by atoms with E-state index in [1.807, 2.05) is 12.1 Å². The van der Waals surface area contributed by atoms with E-state index in [4.69, 9.17) is 10.5 Å². The lowest BCUT2D eigenvalue weighted by atomic mass is 10.1. The zero-order valence-corrected chi connectivity index (χ0v) is 12.0. The number of hydrogen-bond donors (Lipinski definition) is 2. The third-order valence-corrected chi connectivity index (χ3v) is 2.64. The maximum absolute atomic E-state index is 12.8. The lowest BCUT2D eigenvalue weighted by Gasteiger charge is -2.14. The molecule has 0 fully saturated rings. The molecule has 0 radical (unpaired) electrons. The van der Waals surface area contributed by atoms with Crippen molar-refractivity contribution in [3.05, 3.63) is 29.8 Å². The third-order valence-electron chi connectivity index (χ3n) is 2.64. The van der Waals surface area contributed by atoms with Gasteiger partial charge in [-0.05, 0) is 24.1 Å². The van der Waals surface area contributed by atoms with Crippen LogP contribution in [-0.2, 0) is 11.2 Å². The van der Waals surface area contributed by atoms with Crippen LogP contribution >= 0.6 is 12.4 Å². The topological polar surface area (TPSA) is 64.3 Å². The summed E-state index contributed by atoms with van der Waals surface area (Å²) >= 11 is 0. The van der Waals surface area contributed by atoms with Crippen molar-refractivity contribution in [3.8, 4) is 5.75 Å². The number of rotatable bonds is 7. The van der Waals surface area contributed by atoms with Crippen molar-refractivity contribution in [1.82, 2.24) is 5.32 Å².